The number of aliphatic hydroxyl groups excluding tert-OH is 1. The molecule has 0 bridgehead atoms. The lowest BCUT2D eigenvalue weighted by molar-refractivity contribution is -0.385. The number of aromatic nitrogens is 2. The van der Waals surface area contributed by atoms with Crippen molar-refractivity contribution in [1.82, 2.24) is 15.1 Å². The molecule has 1 heterocycles. The molecule has 23 heavy (non-hydrogen) atoms. The molecule has 0 saturated heterocycles. The molecular weight excluding hydrogens is 300 g/mol. The van der Waals surface area contributed by atoms with E-state index in [1.54, 1.807) is 0 Å². The van der Waals surface area contributed by atoms with E-state index in [9.17, 15) is 20.0 Å². The number of amides is 1. The molecule has 0 radical (unpaired) electrons. The zero-order chi connectivity index (χ0) is 16.4. The van der Waals surface area contributed by atoms with Gasteiger partial charge in [0.05, 0.1) is 17.1 Å². The predicted molar refractivity (Wildman–Crippen MR) is 80.5 cm³/mol. The molecule has 8 nitrogen and oxygen atoms in total. The first-order valence-electron chi connectivity index (χ1n) is 7.26. The van der Waals surface area contributed by atoms with Gasteiger partial charge in [-0.05, 0) is 11.1 Å². The number of carbonyl (C=O) groups excluding carboxylic acids is 1. The largest absolute Gasteiger partial charge is 0.390 e. The summed E-state index contributed by atoms with van der Waals surface area (Å²) >= 11 is 0. The van der Waals surface area contributed by atoms with Crippen LogP contribution in [0.3, 0.4) is 0 Å². The Labute approximate surface area is 131 Å². The number of hydrogen-bond acceptors (Lipinski definition) is 5. The molecule has 2 atom stereocenters. The molecule has 0 unspecified atom stereocenters. The van der Waals surface area contributed by atoms with E-state index < -0.39 is 17.1 Å². The fourth-order valence-electron chi connectivity index (χ4n) is 2.78. The minimum atomic E-state index is -0.637. The number of hydrogen-bond donors (Lipinski definition) is 2. The van der Waals surface area contributed by atoms with E-state index in [0.717, 1.165) is 17.3 Å². The molecule has 1 aromatic carbocycles. The van der Waals surface area contributed by atoms with E-state index >= 15 is 0 Å². The van der Waals surface area contributed by atoms with E-state index in [1.165, 1.54) is 10.9 Å². The highest BCUT2D eigenvalue weighted by atomic mass is 16.6. The van der Waals surface area contributed by atoms with Crippen LogP contribution in [0.2, 0.25) is 0 Å². The zero-order valence-corrected chi connectivity index (χ0v) is 12.3. The molecule has 0 fully saturated rings. The highest BCUT2D eigenvalue weighted by molar-refractivity contribution is 5.76. The van der Waals surface area contributed by atoms with Gasteiger partial charge < -0.3 is 10.4 Å². The summed E-state index contributed by atoms with van der Waals surface area (Å²) in [6, 6.07) is 7.20. The van der Waals surface area contributed by atoms with Gasteiger partial charge in [-0.3, -0.25) is 19.6 Å². The van der Waals surface area contributed by atoms with Crippen LogP contribution in [-0.4, -0.2) is 31.8 Å². The monoisotopic (exact) mass is 316 g/mol. The Hall–Kier alpha value is -2.74. The Morgan fingerprint density at radius 2 is 2.26 bits per heavy atom. The Morgan fingerprint density at radius 3 is 3.00 bits per heavy atom. The van der Waals surface area contributed by atoms with Gasteiger partial charge >= 0.3 is 5.69 Å². The van der Waals surface area contributed by atoms with Gasteiger partial charge in [-0.1, -0.05) is 24.3 Å². The van der Waals surface area contributed by atoms with Crippen LogP contribution in [0.5, 0.6) is 0 Å². The summed E-state index contributed by atoms with van der Waals surface area (Å²) in [5, 5.41) is 27.3. The Morgan fingerprint density at radius 1 is 1.48 bits per heavy atom. The molecule has 0 saturated carbocycles. The van der Waals surface area contributed by atoms with Crippen LogP contribution in [0, 0.1) is 10.1 Å². The van der Waals surface area contributed by atoms with Gasteiger partial charge in [0.2, 0.25) is 5.91 Å². The minimum absolute atomic E-state index is 0.106. The normalized spacial score (nSPS) is 19.3. The van der Waals surface area contributed by atoms with Gasteiger partial charge in [0.25, 0.3) is 0 Å². The predicted octanol–water partition coefficient (Wildman–Crippen LogP) is 0.956. The molecule has 120 valence electrons. The average molecular weight is 316 g/mol. The maximum atomic E-state index is 12.1. The van der Waals surface area contributed by atoms with Crippen molar-refractivity contribution >= 4 is 11.6 Å². The van der Waals surface area contributed by atoms with Crippen molar-refractivity contribution < 1.29 is 14.8 Å². The maximum Gasteiger partial charge on any atom is 0.306 e. The minimum Gasteiger partial charge on any atom is -0.390 e. The third kappa shape index (κ3) is 3.21. The van der Waals surface area contributed by atoms with Gasteiger partial charge in [0.1, 0.15) is 12.4 Å². The van der Waals surface area contributed by atoms with Crippen molar-refractivity contribution in [2.75, 3.05) is 0 Å². The Balaban J connectivity index is 1.58. The summed E-state index contributed by atoms with van der Waals surface area (Å²) in [6.07, 6.45) is 2.45. The third-order valence-corrected chi connectivity index (χ3v) is 3.92. The van der Waals surface area contributed by atoms with Crippen LogP contribution in [0.1, 0.15) is 23.6 Å². The van der Waals surface area contributed by atoms with Crippen LogP contribution < -0.4 is 5.32 Å². The average Bonchev–Trinajstić information content (AvgIpc) is 3.11. The summed E-state index contributed by atoms with van der Waals surface area (Å²) in [4.78, 5) is 22.1. The lowest BCUT2D eigenvalue weighted by Crippen LogP contribution is -2.34. The number of rotatable bonds is 5. The third-order valence-electron chi connectivity index (χ3n) is 3.92. The molecule has 0 aliphatic heterocycles. The molecule has 2 N–H and O–H groups in total. The molecule has 2 aromatic rings. The fourth-order valence-corrected chi connectivity index (χ4v) is 2.78. The first kappa shape index (κ1) is 15.2. The number of carbonyl (C=O) groups is 1. The van der Waals surface area contributed by atoms with Gasteiger partial charge in [0.15, 0.2) is 0 Å². The second-order valence-electron chi connectivity index (χ2n) is 5.48. The first-order valence-corrected chi connectivity index (χ1v) is 7.26. The van der Waals surface area contributed by atoms with Crippen molar-refractivity contribution in [2.24, 2.45) is 0 Å². The summed E-state index contributed by atoms with van der Waals surface area (Å²) < 4.78 is 1.36. The summed E-state index contributed by atoms with van der Waals surface area (Å²) in [5.41, 5.74) is 1.86. The lowest BCUT2D eigenvalue weighted by atomic mass is 10.1. The molecular formula is C15H16N4O4. The molecule has 8 heteroatoms. The maximum absolute atomic E-state index is 12.1. The van der Waals surface area contributed by atoms with Crippen LogP contribution in [0.4, 0.5) is 5.69 Å². The molecule has 1 aliphatic carbocycles. The number of aryl methyl sites for hydroxylation is 1. The number of benzene rings is 1. The molecule has 1 amide bonds. The molecule has 1 aromatic heterocycles. The van der Waals surface area contributed by atoms with Crippen LogP contribution in [0.15, 0.2) is 36.7 Å². The number of nitrogens with one attached hydrogen (secondary N) is 1. The highest BCUT2D eigenvalue weighted by Crippen LogP contribution is 2.31. The zero-order valence-electron chi connectivity index (χ0n) is 12.3. The quantitative estimate of drug-likeness (QED) is 0.630. The van der Waals surface area contributed by atoms with Gasteiger partial charge in [-0.2, -0.15) is 5.10 Å². The van der Waals surface area contributed by atoms with Crippen molar-refractivity contribution in [2.45, 2.75) is 31.5 Å². The summed E-state index contributed by atoms with van der Waals surface area (Å²) in [6.45, 7) is 0.240. The molecule has 1 aliphatic rings. The summed E-state index contributed by atoms with van der Waals surface area (Å²) in [7, 11) is 0. The lowest BCUT2D eigenvalue weighted by Gasteiger charge is -2.17. The highest BCUT2D eigenvalue weighted by Gasteiger charge is 2.31. The number of fused-ring (bicyclic) bond motifs is 1. The van der Waals surface area contributed by atoms with Crippen molar-refractivity contribution in [1.29, 1.82) is 0 Å². The van der Waals surface area contributed by atoms with Crippen LogP contribution in [0.25, 0.3) is 0 Å². The second kappa shape index (κ2) is 6.17. The SMILES string of the molecule is O=C(CCn1cc([N+](=O)[O-])cn1)N[C@@H]1c2ccccc2C[C@H]1O. The van der Waals surface area contributed by atoms with E-state index in [-0.39, 0.29) is 24.6 Å². The van der Waals surface area contributed by atoms with Gasteiger partial charge in [0, 0.05) is 19.4 Å². The standard InChI is InChI=1S/C15H16N4O4/c20-13-7-10-3-1-2-4-12(10)15(13)17-14(21)5-6-18-9-11(8-16-18)19(22)23/h1-4,8-9,13,15,20H,5-7H2,(H,17,21)/t13-,15-/m1/s1. The number of nitro groups is 1. The van der Waals surface area contributed by atoms with Crippen LogP contribution in [-0.2, 0) is 17.8 Å². The summed E-state index contributed by atoms with van der Waals surface area (Å²) in [5.74, 6) is -0.232. The van der Waals surface area contributed by atoms with Gasteiger partial charge in [-0.25, -0.2) is 0 Å². The number of aliphatic hydroxyl groups is 1. The smallest absolute Gasteiger partial charge is 0.306 e. The van der Waals surface area contributed by atoms with Crippen molar-refractivity contribution in [3.05, 3.63) is 57.9 Å². The van der Waals surface area contributed by atoms with E-state index in [1.807, 2.05) is 24.3 Å². The fraction of sp³-hybridized carbons (Fsp3) is 0.333. The number of nitrogens with zero attached hydrogens (tertiary/aromatic N) is 3. The first-order chi connectivity index (χ1) is 11.0. The van der Waals surface area contributed by atoms with Crippen molar-refractivity contribution in [3.63, 3.8) is 0 Å². The Kier molecular flexibility index (Phi) is 4.07. The van der Waals surface area contributed by atoms with Gasteiger partial charge in [-0.15, -0.1) is 0 Å². The van der Waals surface area contributed by atoms with Crippen molar-refractivity contribution in [3.8, 4) is 0 Å². The molecule has 3 rings (SSSR count). The van der Waals surface area contributed by atoms with E-state index in [0.29, 0.717) is 6.42 Å². The topological polar surface area (TPSA) is 110 Å². The van der Waals surface area contributed by atoms with Crippen LogP contribution >= 0.6 is 0 Å². The van der Waals surface area contributed by atoms with E-state index in [2.05, 4.69) is 10.4 Å². The Bertz CT molecular complexity index is 743. The molecule has 0 spiro atoms. The second-order valence-corrected chi connectivity index (χ2v) is 5.48. The van der Waals surface area contributed by atoms with E-state index in [4.69, 9.17) is 0 Å².